The van der Waals surface area contributed by atoms with E-state index in [4.69, 9.17) is 0 Å². The number of sulfone groups is 1. The van der Waals surface area contributed by atoms with Crippen LogP contribution in [0.2, 0.25) is 0 Å². The van der Waals surface area contributed by atoms with Gasteiger partial charge in [0, 0.05) is 12.1 Å². The number of hydrogen-bond donors (Lipinski definition) is 2. The zero-order valence-electron chi connectivity index (χ0n) is 15.8. The maximum Gasteiger partial charge on any atom is 0.224 e. The van der Waals surface area contributed by atoms with Gasteiger partial charge >= 0.3 is 0 Å². The lowest BCUT2D eigenvalue weighted by atomic mass is 9.93. The molecule has 1 aliphatic heterocycles. The number of halogens is 1. The van der Waals surface area contributed by atoms with E-state index in [-0.39, 0.29) is 29.0 Å². The molecule has 7 heteroatoms. The van der Waals surface area contributed by atoms with E-state index in [9.17, 15) is 13.2 Å². The monoisotopic (exact) mass is 422 g/mol. The molecule has 0 atom stereocenters. The predicted octanol–water partition coefficient (Wildman–Crippen LogP) is 3.80. The Kier molecular flexibility index (Phi) is 8.48. The molecular formula is C21H27ClN2O3S. The fraction of sp³-hybridized carbons (Fsp3) is 0.381. The van der Waals surface area contributed by atoms with Crippen molar-refractivity contribution in [1.29, 1.82) is 0 Å². The van der Waals surface area contributed by atoms with Crippen molar-refractivity contribution in [1.82, 2.24) is 5.32 Å². The molecule has 1 aliphatic rings. The molecule has 0 bridgehead atoms. The van der Waals surface area contributed by atoms with Gasteiger partial charge in [-0.25, -0.2) is 8.42 Å². The first-order valence-electron chi connectivity index (χ1n) is 9.41. The van der Waals surface area contributed by atoms with Crippen LogP contribution in [0.25, 0.3) is 0 Å². The summed E-state index contributed by atoms with van der Waals surface area (Å²) in [5.41, 5.74) is 1.18. The Morgan fingerprint density at radius 2 is 1.64 bits per heavy atom. The smallest absolute Gasteiger partial charge is 0.224 e. The molecule has 0 radical (unpaired) electrons. The molecule has 0 spiro atoms. The molecule has 2 aromatic carbocycles. The van der Waals surface area contributed by atoms with Crippen LogP contribution < -0.4 is 10.6 Å². The molecule has 2 N–H and O–H groups in total. The molecule has 0 unspecified atom stereocenters. The van der Waals surface area contributed by atoms with Gasteiger partial charge in [0.05, 0.1) is 10.6 Å². The average molecular weight is 423 g/mol. The predicted molar refractivity (Wildman–Crippen MR) is 114 cm³/mol. The van der Waals surface area contributed by atoms with Gasteiger partial charge in [-0.05, 0) is 62.0 Å². The van der Waals surface area contributed by atoms with Crippen LogP contribution in [-0.4, -0.2) is 27.4 Å². The van der Waals surface area contributed by atoms with Crippen molar-refractivity contribution >= 4 is 33.8 Å². The van der Waals surface area contributed by atoms with Crippen LogP contribution in [0.3, 0.4) is 0 Å². The normalized spacial score (nSPS) is 14.9. The summed E-state index contributed by atoms with van der Waals surface area (Å²) >= 11 is 0. The van der Waals surface area contributed by atoms with E-state index in [2.05, 4.69) is 10.6 Å². The maximum absolute atomic E-state index is 12.7. The molecule has 152 valence electrons. The van der Waals surface area contributed by atoms with Gasteiger partial charge in [-0.3, -0.25) is 4.79 Å². The van der Waals surface area contributed by atoms with Gasteiger partial charge in [-0.15, -0.1) is 12.4 Å². The first-order chi connectivity index (χ1) is 13.0. The fourth-order valence-corrected chi connectivity index (χ4v) is 4.80. The van der Waals surface area contributed by atoms with Gasteiger partial charge in [0.15, 0.2) is 9.84 Å². The highest BCUT2D eigenvalue weighted by Crippen LogP contribution is 2.23. The summed E-state index contributed by atoms with van der Waals surface area (Å²) in [6.45, 7) is 2.04. The third kappa shape index (κ3) is 6.33. The van der Waals surface area contributed by atoms with E-state index in [1.54, 1.807) is 54.6 Å². The van der Waals surface area contributed by atoms with E-state index in [1.165, 1.54) is 0 Å². The van der Waals surface area contributed by atoms with Gasteiger partial charge in [0.1, 0.15) is 0 Å². The minimum absolute atomic E-state index is 0. The molecule has 1 heterocycles. The van der Waals surface area contributed by atoms with Crippen LogP contribution in [0.15, 0.2) is 59.5 Å². The van der Waals surface area contributed by atoms with E-state index in [0.717, 1.165) is 32.4 Å². The maximum atomic E-state index is 12.7. The Bertz CT molecular complexity index is 866. The second-order valence-corrected chi connectivity index (χ2v) is 9.00. The first-order valence-corrected chi connectivity index (χ1v) is 11.1. The lowest BCUT2D eigenvalue weighted by molar-refractivity contribution is -0.116. The summed E-state index contributed by atoms with van der Waals surface area (Å²) in [4.78, 5) is 12.7. The number of anilines is 1. The molecule has 5 nitrogen and oxygen atoms in total. The van der Waals surface area contributed by atoms with Crippen LogP contribution in [-0.2, 0) is 20.4 Å². The van der Waals surface area contributed by atoms with Crippen molar-refractivity contribution in [2.75, 3.05) is 18.4 Å². The third-order valence-corrected chi connectivity index (χ3v) is 6.66. The summed E-state index contributed by atoms with van der Waals surface area (Å²) in [6.07, 6.45) is 3.56. The highest BCUT2D eigenvalue weighted by molar-refractivity contribution is 7.90. The number of piperidine rings is 1. The van der Waals surface area contributed by atoms with Gasteiger partial charge in [-0.1, -0.05) is 36.4 Å². The van der Waals surface area contributed by atoms with Crippen molar-refractivity contribution in [2.24, 2.45) is 5.92 Å². The van der Waals surface area contributed by atoms with Crippen LogP contribution in [0, 0.1) is 5.92 Å². The molecule has 0 aromatic heterocycles. The van der Waals surface area contributed by atoms with Crippen molar-refractivity contribution in [3.63, 3.8) is 0 Å². The molecule has 1 saturated heterocycles. The Morgan fingerprint density at radius 1 is 1.00 bits per heavy atom. The topological polar surface area (TPSA) is 75.3 Å². The standard InChI is InChI=1S/C21H26N2O3S.ClH/c24-21(11-10-17-12-14-22-15-13-17)23-20-9-5-4-6-18(20)16-27(25,26)19-7-2-1-3-8-19;/h1-9,17,22H,10-16H2,(H,23,24);1H. The summed E-state index contributed by atoms with van der Waals surface area (Å²) < 4.78 is 25.3. The van der Waals surface area contributed by atoms with Crippen molar-refractivity contribution in [3.8, 4) is 0 Å². The van der Waals surface area contributed by atoms with E-state index >= 15 is 0 Å². The zero-order chi connectivity index (χ0) is 19.1. The van der Waals surface area contributed by atoms with Crippen molar-refractivity contribution in [2.45, 2.75) is 36.3 Å². The van der Waals surface area contributed by atoms with Crippen LogP contribution in [0.5, 0.6) is 0 Å². The SMILES string of the molecule is Cl.O=C(CCC1CCNCC1)Nc1ccccc1CS(=O)(=O)c1ccccc1. The quantitative estimate of drug-likeness (QED) is 0.711. The molecule has 0 saturated carbocycles. The molecule has 3 rings (SSSR count). The van der Waals surface area contributed by atoms with Gasteiger partial charge in [-0.2, -0.15) is 0 Å². The number of hydrogen-bond acceptors (Lipinski definition) is 4. The number of rotatable bonds is 7. The third-order valence-electron chi connectivity index (χ3n) is 4.98. The van der Waals surface area contributed by atoms with Gasteiger partial charge in [0.2, 0.25) is 5.91 Å². The number of amides is 1. The Labute approximate surface area is 173 Å². The Morgan fingerprint density at radius 3 is 2.36 bits per heavy atom. The number of nitrogens with one attached hydrogen (secondary N) is 2. The number of benzene rings is 2. The van der Waals surface area contributed by atoms with Crippen molar-refractivity contribution < 1.29 is 13.2 Å². The summed E-state index contributed by atoms with van der Waals surface area (Å²) in [7, 11) is -3.46. The van der Waals surface area contributed by atoms with Gasteiger partial charge in [0.25, 0.3) is 0 Å². The second kappa shape index (κ2) is 10.6. The summed E-state index contributed by atoms with van der Waals surface area (Å²) in [5.74, 6) is 0.394. The number of carbonyl (C=O) groups excluding carboxylic acids is 1. The lowest BCUT2D eigenvalue weighted by Gasteiger charge is -2.22. The Balaban J connectivity index is 0.00000280. The first kappa shape index (κ1) is 22.4. The number of carbonyl (C=O) groups is 1. The van der Waals surface area contributed by atoms with Gasteiger partial charge < -0.3 is 10.6 Å². The van der Waals surface area contributed by atoms with Crippen LogP contribution in [0.4, 0.5) is 5.69 Å². The van der Waals surface area contributed by atoms with Crippen LogP contribution >= 0.6 is 12.4 Å². The van der Waals surface area contributed by atoms with Crippen LogP contribution in [0.1, 0.15) is 31.2 Å². The number of para-hydroxylation sites is 1. The molecule has 0 aliphatic carbocycles. The largest absolute Gasteiger partial charge is 0.326 e. The second-order valence-electron chi connectivity index (χ2n) is 7.01. The molecule has 1 amide bonds. The molecular weight excluding hydrogens is 396 g/mol. The summed E-state index contributed by atoms with van der Waals surface area (Å²) in [5, 5.41) is 6.23. The average Bonchev–Trinajstić information content (AvgIpc) is 2.69. The molecule has 2 aromatic rings. The minimum atomic E-state index is -3.46. The summed E-state index contributed by atoms with van der Waals surface area (Å²) in [6, 6.07) is 15.5. The van der Waals surface area contributed by atoms with E-state index < -0.39 is 9.84 Å². The highest BCUT2D eigenvalue weighted by Gasteiger charge is 2.18. The Hall–Kier alpha value is -1.89. The lowest BCUT2D eigenvalue weighted by Crippen LogP contribution is -2.28. The van der Waals surface area contributed by atoms with E-state index in [0.29, 0.717) is 23.6 Å². The van der Waals surface area contributed by atoms with Crippen molar-refractivity contribution in [3.05, 3.63) is 60.2 Å². The van der Waals surface area contributed by atoms with E-state index in [1.807, 2.05) is 0 Å². The molecule has 1 fully saturated rings. The minimum Gasteiger partial charge on any atom is -0.326 e. The fourth-order valence-electron chi connectivity index (χ4n) is 3.40. The highest BCUT2D eigenvalue weighted by atomic mass is 35.5. The molecule has 28 heavy (non-hydrogen) atoms. The zero-order valence-corrected chi connectivity index (χ0v) is 17.4.